The predicted octanol–water partition coefficient (Wildman–Crippen LogP) is 0.927. The molecule has 1 aliphatic heterocycles. The van der Waals surface area contributed by atoms with Crippen molar-refractivity contribution in [1.82, 2.24) is 15.5 Å². The predicted molar refractivity (Wildman–Crippen MR) is 130 cm³/mol. The van der Waals surface area contributed by atoms with Crippen molar-refractivity contribution in [2.24, 2.45) is 5.92 Å². The number of benzene rings is 1. The van der Waals surface area contributed by atoms with Crippen molar-refractivity contribution in [1.29, 1.82) is 0 Å². The summed E-state index contributed by atoms with van der Waals surface area (Å²) in [7, 11) is 3.07. The molecule has 0 radical (unpaired) electrons. The number of nitrogens with one attached hydrogen (secondary N) is 2. The quantitative estimate of drug-likeness (QED) is 0.335. The Labute approximate surface area is 210 Å². The lowest BCUT2D eigenvalue weighted by Gasteiger charge is -2.31. The van der Waals surface area contributed by atoms with E-state index in [2.05, 4.69) is 10.6 Å². The minimum atomic E-state index is -1.22. The molecule has 1 aromatic carbocycles. The van der Waals surface area contributed by atoms with E-state index in [9.17, 15) is 24.0 Å². The van der Waals surface area contributed by atoms with Gasteiger partial charge < -0.3 is 34.9 Å². The van der Waals surface area contributed by atoms with Gasteiger partial charge in [0, 0.05) is 13.0 Å². The monoisotopic (exact) mass is 505 g/mol. The fourth-order valence-corrected chi connectivity index (χ4v) is 4.14. The van der Waals surface area contributed by atoms with Gasteiger partial charge in [-0.05, 0) is 42.9 Å². The number of ether oxygens (including phenoxy) is 2. The van der Waals surface area contributed by atoms with E-state index in [0.29, 0.717) is 43.6 Å². The standard InChI is InChI=1S/C25H35N3O8/c1-15(2)23(27-21(30)10-8-16-7-9-19(35-3)20(12-16)36-4)25(34)28-11-5-6-18(28)24(33)26-17(14-29)13-22(31)32/h7,9,12,14-15,17-18,23H,5-6,8,10-11,13H2,1-4H3,(H,26,33)(H,27,30)(H,31,32)/t17-,18-,23?/m0/s1. The van der Waals surface area contributed by atoms with Crippen LogP contribution in [0.1, 0.15) is 45.1 Å². The number of carboxylic acid groups (broad SMARTS) is 1. The second kappa shape index (κ2) is 13.5. The second-order valence-corrected chi connectivity index (χ2v) is 9.02. The van der Waals surface area contributed by atoms with Crippen LogP contribution < -0.4 is 20.1 Å². The van der Waals surface area contributed by atoms with Crippen LogP contribution in [0.2, 0.25) is 0 Å². The fourth-order valence-electron chi connectivity index (χ4n) is 4.14. The number of carboxylic acids is 1. The number of carbonyl (C=O) groups excluding carboxylic acids is 4. The summed E-state index contributed by atoms with van der Waals surface area (Å²) in [6.07, 6.45) is 1.35. The van der Waals surface area contributed by atoms with Gasteiger partial charge in [-0.1, -0.05) is 19.9 Å². The molecule has 3 N–H and O–H groups in total. The van der Waals surface area contributed by atoms with Gasteiger partial charge in [0.25, 0.3) is 0 Å². The topological polar surface area (TPSA) is 151 Å². The van der Waals surface area contributed by atoms with Crippen molar-refractivity contribution in [3.63, 3.8) is 0 Å². The van der Waals surface area contributed by atoms with Crippen LogP contribution in [0.5, 0.6) is 11.5 Å². The smallest absolute Gasteiger partial charge is 0.305 e. The first kappa shape index (κ1) is 28.6. The third-order valence-electron chi connectivity index (χ3n) is 6.06. The Morgan fingerprint density at radius 2 is 1.83 bits per heavy atom. The van der Waals surface area contributed by atoms with Crippen LogP contribution in [0.15, 0.2) is 18.2 Å². The van der Waals surface area contributed by atoms with E-state index in [-0.39, 0.29) is 24.2 Å². The number of hydrogen-bond acceptors (Lipinski definition) is 7. The molecule has 3 atom stereocenters. The van der Waals surface area contributed by atoms with Crippen LogP contribution in [0.4, 0.5) is 0 Å². The maximum atomic E-state index is 13.3. The second-order valence-electron chi connectivity index (χ2n) is 9.02. The molecule has 1 fully saturated rings. The number of aryl methyl sites for hydroxylation is 1. The summed E-state index contributed by atoms with van der Waals surface area (Å²) in [6, 6.07) is 2.54. The highest BCUT2D eigenvalue weighted by Crippen LogP contribution is 2.28. The van der Waals surface area contributed by atoms with E-state index in [0.717, 1.165) is 5.56 Å². The highest BCUT2D eigenvalue weighted by Gasteiger charge is 2.39. The van der Waals surface area contributed by atoms with Gasteiger partial charge in [0.1, 0.15) is 18.4 Å². The van der Waals surface area contributed by atoms with E-state index in [1.807, 2.05) is 6.07 Å². The SMILES string of the molecule is COc1ccc(CCC(=O)NC(C(=O)N2CCC[C@H]2C(=O)N[C@H](C=O)CC(=O)O)C(C)C)cc1OC. The van der Waals surface area contributed by atoms with E-state index in [1.165, 1.54) is 12.0 Å². The zero-order chi connectivity index (χ0) is 26.8. The van der Waals surface area contributed by atoms with Crippen LogP contribution in [-0.2, 0) is 30.4 Å². The molecular formula is C25H35N3O8. The van der Waals surface area contributed by atoms with Crippen molar-refractivity contribution in [2.45, 2.75) is 64.1 Å². The Balaban J connectivity index is 2.02. The van der Waals surface area contributed by atoms with Crippen molar-refractivity contribution in [3.8, 4) is 11.5 Å². The summed E-state index contributed by atoms with van der Waals surface area (Å²) in [6.45, 7) is 3.93. The molecule has 1 saturated heterocycles. The molecular weight excluding hydrogens is 470 g/mol. The summed E-state index contributed by atoms with van der Waals surface area (Å²) in [5, 5.41) is 14.1. The number of methoxy groups -OCH3 is 2. The molecule has 3 amide bonds. The van der Waals surface area contributed by atoms with E-state index in [4.69, 9.17) is 14.6 Å². The van der Waals surface area contributed by atoms with Gasteiger partial charge in [-0.3, -0.25) is 19.2 Å². The van der Waals surface area contributed by atoms with Crippen molar-refractivity contribution in [2.75, 3.05) is 20.8 Å². The molecule has 1 heterocycles. The fraction of sp³-hybridized carbons (Fsp3) is 0.560. The van der Waals surface area contributed by atoms with E-state index >= 15 is 0 Å². The van der Waals surface area contributed by atoms with Gasteiger partial charge >= 0.3 is 5.97 Å². The van der Waals surface area contributed by atoms with Gasteiger partial charge in [0.2, 0.25) is 17.7 Å². The van der Waals surface area contributed by atoms with Crippen molar-refractivity contribution in [3.05, 3.63) is 23.8 Å². The first-order valence-corrected chi connectivity index (χ1v) is 11.9. The molecule has 0 bridgehead atoms. The summed E-state index contributed by atoms with van der Waals surface area (Å²) in [4.78, 5) is 62.2. The lowest BCUT2D eigenvalue weighted by atomic mass is 10.0. The molecule has 11 nitrogen and oxygen atoms in total. The zero-order valence-corrected chi connectivity index (χ0v) is 21.1. The van der Waals surface area contributed by atoms with Crippen molar-refractivity contribution >= 4 is 30.0 Å². The minimum absolute atomic E-state index is 0.145. The molecule has 0 aromatic heterocycles. The molecule has 0 saturated carbocycles. The molecule has 1 aromatic rings. The molecule has 1 unspecified atom stereocenters. The van der Waals surface area contributed by atoms with Gasteiger partial charge in [-0.2, -0.15) is 0 Å². The van der Waals surface area contributed by atoms with E-state index < -0.39 is 36.4 Å². The number of rotatable bonds is 13. The largest absolute Gasteiger partial charge is 0.493 e. The normalized spacial score (nSPS) is 16.7. The average Bonchev–Trinajstić information content (AvgIpc) is 3.34. The number of likely N-dealkylation sites (tertiary alicyclic amines) is 1. The molecule has 0 aliphatic carbocycles. The lowest BCUT2D eigenvalue weighted by Crippen LogP contribution is -2.56. The summed E-state index contributed by atoms with van der Waals surface area (Å²) < 4.78 is 10.5. The van der Waals surface area contributed by atoms with Gasteiger partial charge in [-0.25, -0.2) is 0 Å². The summed E-state index contributed by atoms with van der Waals surface area (Å²) in [5.74, 6) is -1.58. The maximum absolute atomic E-state index is 13.3. The molecule has 0 spiro atoms. The number of amides is 3. The number of nitrogens with zero attached hydrogens (tertiary/aromatic N) is 1. The Hall–Kier alpha value is -3.63. The first-order chi connectivity index (χ1) is 17.1. The summed E-state index contributed by atoms with van der Waals surface area (Å²) in [5.41, 5.74) is 0.873. The van der Waals surface area contributed by atoms with Crippen molar-refractivity contribution < 1.29 is 38.6 Å². The van der Waals surface area contributed by atoms with Crippen LogP contribution in [-0.4, -0.2) is 78.9 Å². The Morgan fingerprint density at radius 3 is 2.42 bits per heavy atom. The number of aldehydes is 1. The highest BCUT2D eigenvalue weighted by molar-refractivity contribution is 5.93. The van der Waals surface area contributed by atoms with Crippen LogP contribution in [0, 0.1) is 5.92 Å². The first-order valence-electron chi connectivity index (χ1n) is 11.9. The molecule has 2 rings (SSSR count). The third-order valence-corrected chi connectivity index (χ3v) is 6.06. The average molecular weight is 506 g/mol. The van der Waals surface area contributed by atoms with Gasteiger partial charge in [0.15, 0.2) is 11.5 Å². The molecule has 1 aliphatic rings. The van der Waals surface area contributed by atoms with Crippen LogP contribution >= 0.6 is 0 Å². The minimum Gasteiger partial charge on any atom is -0.493 e. The van der Waals surface area contributed by atoms with Crippen LogP contribution in [0.25, 0.3) is 0 Å². The Morgan fingerprint density at radius 1 is 1.14 bits per heavy atom. The van der Waals surface area contributed by atoms with Crippen LogP contribution in [0.3, 0.4) is 0 Å². The number of hydrogen-bond donors (Lipinski definition) is 3. The molecule has 36 heavy (non-hydrogen) atoms. The maximum Gasteiger partial charge on any atom is 0.305 e. The lowest BCUT2D eigenvalue weighted by molar-refractivity contribution is -0.143. The Kier molecular flexibility index (Phi) is 10.7. The number of carbonyl (C=O) groups is 5. The molecule has 198 valence electrons. The Bertz CT molecular complexity index is 965. The van der Waals surface area contributed by atoms with Gasteiger partial charge in [-0.15, -0.1) is 0 Å². The van der Waals surface area contributed by atoms with E-state index in [1.54, 1.807) is 33.1 Å². The summed E-state index contributed by atoms with van der Waals surface area (Å²) >= 11 is 0. The number of aliphatic carboxylic acids is 1. The highest BCUT2D eigenvalue weighted by atomic mass is 16.5. The third kappa shape index (κ3) is 7.69. The zero-order valence-electron chi connectivity index (χ0n) is 21.1. The molecule has 11 heteroatoms. The van der Waals surface area contributed by atoms with Gasteiger partial charge in [0.05, 0.1) is 26.7 Å².